The average Bonchev–Trinajstić information content (AvgIpc) is 2.03. The summed E-state index contributed by atoms with van der Waals surface area (Å²) in [4.78, 5) is 2.32. The fourth-order valence-corrected chi connectivity index (χ4v) is 4.15. The van der Waals surface area contributed by atoms with Crippen LogP contribution in [-0.4, -0.2) is 42.6 Å². The molecule has 0 amide bonds. The lowest BCUT2D eigenvalue weighted by molar-refractivity contribution is 0.0391. The zero-order chi connectivity index (χ0) is 10.1. The largest absolute Gasteiger partial charge is 0.329 e. The molecule has 0 saturated carbocycles. The van der Waals surface area contributed by atoms with Gasteiger partial charge in [-0.25, -0.2) is 0 Å². The van der Waals surface area contributed by atoms with Gasteiger partial charge < -0.3 is 10.6 Å². The first-order valence-corrected chi connectivity index (χ1v) is 6.07. The van der Waals surface area contributed by atoms with E-state index in [0.717, 1.165) is 6.54 Å². The van der Waals surface area contributed by atoms with Gasteiger partial charge in [0, 0.05) is 17.8 Å². The zero-order valence-corrected chi connectivity index (χ0v) is 10.1. The Morgan fingerprint density at radius 2 is 2.00 bits per heavy atom. The van der Waals surface area contributed by atoms with E-state index in [1.165, 1.54) is 17.9 Å². The van der Waals surface area contributed by atoms with Crippen molar-refractivity contribution < 1.29 is 0 Å². The summed E-state index contributed by atoms with van der Waals surface area (Å²) in [6.45, 7) is 5.46. The van der Waals surface area contributed by atoms with E-state index in [1.807, 2.05) is 11.8 Å². The van der Waals surface area contributed by atoms with Crippen LogP contribution in [0, 0.1) is 5.41 Å². The van der Waals surface area contributed by atoms with E-state index in [1.54, 1.807) is 0 Å². The van der Waals surface area contributed by atoms with Crippen LogP contribution >= 0.6 is 11.8 Å². The van der Waals surface area contributed by atoms with E-state index in [-0.39, 0.29) is 5.54 Å². The first-order valence-electron chi connectivity index (χ1n) is 4.91. The van der Waals surface area contributed by atoms with Crippen LogP contribution in [0.2, 0.25) is 0 Å². The Balaban J connectivity index is 2.93. The standard InChI is InChI=1S/C10H22N2S/c1-9(2)5-6-13-8-10(9,7-11)12(3)4/h5-8,11H2,1-4H3. The molecule has 1 atom stereocenters. The highest BCUT2D eigenvalue weighted by Crippen LogP contribution is 2.44. The smallest absolute Gasteiger partial charge is 0.0467 e. The minimum Gasteiger partial charge on any atom is -0.329 e. The molecule has 1 aliphatic heterocycles. The Labute approximate surface area is 86.2 Å². The Morgan fingerprint density at radius 3 is 2.31 bits per heavy atom. The van der Waals surface area contributed by atoms with E-state index >= 15 is 0 Å². The molecule has 0 bridgehead atoms. The Bertz CT molecular complexity index is 180. The molecular weight excluding hydrogens is 180 g/mol. The van der Waals surface area contributed by atoms with Crippen LogP contribution in [0.3, 0.4) is 0 Å². The van der Waals surface area contributed by atoms with Crippen LogP contribution in [0.15, 0.2) is 0 Å². The van der Waals surface area contributed by atoms with Gasteiger partial charge >= 0.3 is 0 Å². The lowest BCUT2D eigenvalue weighted by Gasteiger charge is -2.53. The third kappa shape index (κ3) is 1.74. The van der Waals surface area contributed by atoms with Gasteiger partial charge in [-0.2, -0.15) is 11.8 Å². The normalized spacial score (nSPS) is 33.7. The van der Waals surface area contributed by atoms with Gasteiger partial charge in [0.1, 0.15) is 0 Å². The maximum absolute atomic E-state index is 5.96. The molecule has 0 aromatic rings. The second-order valence-corrected chi connectivity index (χ2v) is 5.92. The third-order valence-electron chi connectivity index (χ3n) is 3.67. The van der Waals surface area contributed by atoms with Crippen molar-refractivity contribution in [1.29, 1.82) is 0 Å². The summed E-state index contributed by atoms with van der Waals surface area (Å²) >= 11 is 2.04. The molecule has 3 heteroatoms. The monoisotopic (exact) mass is 202 g/mol. The first-order chi connectivity index (χ1) is 5.96. The SMILES string of the molecule is CN(C)C1(CN)CSCCC1(C)C. The first kappa shape index (κ1) is 11.3. The third-order valence-corrected chi connectivity index (χ3v) is 4.84. The van der Waals surface area contributed by atoms with Crippen LogP contribution < -0.4 is 5.73 Å². The van der Waals surface area contributed by atoms with Gasteiger partial charge in [-0.1, -0.05) is 13.8 Å². The second-order valence-electron chi connectivity index (χ2n) is 4.82. The van der Waals surface area contributed by atoms with Crippen molar-refractivity contribution in [3.8, 4) is 0 Å². The van der Waals surface area contributed by atoms with Crippen LogP contribution in [0.5, 0.6) is 0 Å². The quantitative estimate of drug-likeness (QED) is 0.734. The van der Waals surface area contributed by atoms with Gasteiger partial charge in [-0.3, -0.25) is 0 Å². The number of nitrogens with zero attached hydrogens (tertiary/aromatic N) is 1. The van der Waals surface area contributed by atoms with Crippen molar-refractivity contribution in [2.24, 2.45) is 11.1 Å². The summed E-state index contributed by atoms with van der Waals surface area (Å²) in [5.41, 5.74) is 6.49. The molecule has 1 fully saturated rings. The lowest BCUT2D eigenvalue weighted by Crippen LogP contribution is -2.63. The van der Waals surface area contributed by atoms with Gasteiger partial charge in [0.15, 0.2) is 0 Å². The van der Waals surface area contributed by atoms with E-state index in [4.69, 9.17) is 5.73 Å². The zero-order valence-electron chi connectivity index (χ0n) is 9.26. The molecule has 1 aliphatic rings. The molecular formula is C10H22N2S. The molecule has 0 spiro atoms. The maximum atomic E-state index is 5.96. The van der Waals surface area contributed by atoms with Gasteiger partial charge in [-0.05, 0) is 31.7 Å². The number of hydrogen-bond acceptors (Lipinski definition) is 3. The molecule has 0 aromatic heterocycles. The van der Waals surface area contributed by atoms with Crippen molar-refractivity contribution in [3.05, 3.63) is 0 Å². The Morgan fingerprint density at radius 1 is 1.38 bits per heavy atom. The minimum atomic E-state index is 0.190. The summed E-state index contributed by atoms with van der Waals surface area (Å²) in [5, 5.41) is 0. The molecule has 1 rings (SSSR count). The highest BCUT2D eigenvalue weighted by atomic mass is 32.2. The van der Waals surface area contributed by atoms with Gasteiger partial charge in [0.05, 0.1) is 0 Å². The summed E-state index contributed by atoms with van der Waals surface area (Å²) < 4.78 is 0. The van der Waals surface area contributed by atoms with Crippen molar-refractivity contribution in [2.45, 2.75) is 25.8 Å². The number of thioether (sulfide) groups is 1. The van der Waals surface area contributed by atoms with E-state index in [0.29, 0.717) is 5.41 Å². The Kier molecular flexibility index (Phi) is 3.31. The molecule has 1 unspecified atom stereocenters. The summed E-state index contributed by atoms with van der Waals surface area (Å²) in [6.07, 6.45) is 1.27. The number of nitrogens with two attached hydrogens (primary N) is 1. The fourth-order valence-electron chi connectivity index (χ4n) is 2.25. The lowest BCUT2D eigenvalue weighted by atomic mass is 9.70. The molecule has 2 nitrogen and oxygen atoms in total. The van der Waals surface area contributed by atoms with Gasteiger partial charge in [0.25, 0.3) is 0 Å². The van der Waals surface area contributed by atoms with Crippen LogP contribution in [-0.2, 0) is 0 Å². The van der Waals surface area contributed by atoms with Crippen LogP contribution in [0.25, 0.3) is 0 Å². The summed E-state index contributed by atoms with van der Waals surface area (Å²) in [5.74, 6) is 2.45. The second kappa shape index (κ2) is 3.79. The van der Waals surface area contributed by atoms with Crippen molar-refractivity contribution in [3.63, 3.8) is 0 Å². The molecule has 0 radical (unpaired) electrons. The molecule has 0 aliphatic carbocycles. The predicted octanol–water partition coefficient (Wildman–Crippen LogP) is 1.41. The highest BCUT2D eigenvalue weighted by Gasteiger charge is 2.47. The number of likely N-dealkylation sites (N-methyl/N-ethyl adjacent to an activating group) is 1. The predicted molar refractivity (Wildman–Crippen MR) is 61.2 cm³/mol. The number of rotatable bonds is 2. The van der Waals surface area contributed by atoms with E-state index in [9.17, 15) is 0 Å². The molecule has 78 valence electrons. The molecule has 0 aromatic carbocycles. The minimum absolute atomic E-state index is 0.190. The highest BCUT2D eigenvalue weighted by molar-refractivity contribution is 7.99. The molecule has 1 heterocycles. The molecule has 13 heavy (non-hydrogen) atoms. The summed E-state index contributed by atoms with van der Waals surface area (Å²) in [6, 6.07) is 0. The molecule has 1 saturated heterocycles. The average molecular weight is 202 g/mol. The number of hydrogen-bond donors (Lipinski definition) is 1. The van der Waals surface area contributed by atoms with Crippen LogP contribution in [0.1, 0.15) is 20.3 Å². The maximum Gasteiger partial charge on any atom is 0.0467 e. The van der Waals surface area contributed by atoms with Gasteiger partial charge in [-0.15, -0.1) is 0 Å². The van der Waals surface area contributed by atoms with E-state index in [2.05, 4.69) is 32.8 Å². The van der Waals surface area contributed by atoms with E-state index < -0.39 is 0 Å². The Hall–Kier alpha value is 0.270. The summed E-state index contributed by atoms with van der Waals surface area (Å²) in [7, 11) is 4.31. The van der Waals surface area contributed by atoms with Crippen molar-refractivity contribution in [1.82, 2.24) is 4.90 Å². The van der Waals surface area contributed by atoms with Crippen LogP contribution in [0.4, 0.5) is 0 Å². The fraction of sp³-hybridized carbons (Fsp3) is 1.00. The van der Waals surface area contributed by atoms with Crippen molar-refractivity contribution >= 4 is 11.8 Å². The van der Waals surface area contributed by atoms with Gasteiger partial charge in [0.2, 0.25) is 0 Å². The molecule has 2 N–H and O–H groups in total. The topological polar surface area (TPSA) is 29.3 Å². The van der Waals surface area contributed by atoms with Crippen molar-refractivity contribution in [2.75, 3.05) is 32.1 Å².